The van der Waals surface area contributed by atoms with E-state index in [0.717, 1.165) is 6.07 Å². The molecule has 0 saturated heterocycles. The summed E-state index contributed by atoms with van der Waals surface area (Å²) in [5.41, 5.74) is 4.79. The predicted octanol–water partition coefficient (Wildman–Crippen LogP) is 1.46. The first-order valence-corrected chi connectivity index (χ1v) is 4.58. The van der Waals surface area contributed by atoms with Gasteiger partial charge in [-0.05, 0) is 15.9 Å². The highest BCUT2D eigenvalue weighted by atomic mass is 79.9. The highest BCUT2D eigenvalue weighted by Gasteiger charge is 2.20. The largest absolute Gasteiger partial charge is 0.490 e. The van der Waals surface area contributed by atoms with Crippen molar-refractivity contribution in [2.24, 2.45) is 5.73 Å². The number of carbonyl (C=O) groups is 1. The molecule has 0 aliphatic carbocycles. The van der Waals surface area contributed by atoms with E-state index in [9.17, 15) is 14.9 Å². The molecule has 0 fully saturated rings. The van der Waals surface area contributed by atoms with Crippen LogP contribution in [0, 0.1) is 10.1 Å². The quantitative estimate of drug-likeness (QED) is 0.667. The number of nitro benzene ring substituents is 1. The molecule has 0 aliphatic rings. The van der Waals surface area contributed by atoms with E-state index in [1.165, 1.54) is 13.2 Å². The zero-order valence-corrected chi connectivity index (χ0v) is 9.28. The van der Waals surface area contributed by atoms with Gasteiger partial charge in [0.25, 0.3) is 0 Å². The van der Waals surface area contributed by atoms with Crippen LogP contribution in [-0.2, 0) is 0 Å². The SMILES string of the molecule is COc1cc(Br)c(C(N)=O)cc1[N+](=O)[O-]. The van der Waals surface area contributed by atoms with Crippen LogP contribution in [0.4, 0.5) is 5.69 Å². The van der Waals surface area contributed by atoms with Crippen molar-refractivity contribution in [3.63, 3.8) is 0 Å². The summed E-state index contributed by atoms with van der Waals surface area (Å²) < 4.78 is 5.16. The first kappa shape index (κ1) is 11.4. The molecule has 2 N–H and O–H groups in total. The molecule has 7 heteroatoms. The number of benzene rings is 1. The van der Waals surface area contributed by atoms with Gasteiger partial charge in [-0.1, -0.05) is 0 Å². The zero-order chi connectivity index (χ0) is 11.6. The number of hydrogen-bond acceptors (Lipinski definition) is 4. The van der Waals surface area contributed by atoms with Gasteiger partial charge < -0.3 is 10.5 Å². The van der Waals surface area contributed by atoms with E-state index >= 15 is 0 Å². The first-order valence-electron chi connectivity index (χ1n) is 3.79. The fraction of sp³-hybridized carbons (Fsp3) is 0.125. The van der Waals surface area contributed by atoms with E-state index in [1.807, 2.05) is 0 Å². The van der Waals surface area contributed by atoms with Crippen LogP contribution < -0.4 is 10.5 Å². The van der Waals surface area contributed by atoms with Crippen molar-refractivity contribution < 1.29 is 14.5 Å². The van der Waals surface area contributed by atoms with Crippen molar-refractivity contribution in [1.82, 2.24) is 0 Å². The topological polar surface area (TPSA) is 95.5 Å². The number of carbonyl (C=O) groups excluding carboxylic acids is 1. The van der Waals surface area contributed by atoms with Gasteiger partial charge in [0.2, 0.25) is 5.91 Å². The number of nitrogens with two attached hydrogens (primary N) is 1. The summed E-state index contributed by atoms with van der Waals surface area (Å²) in [6, 6.07) is 2.41. The van der Waals surface area contributed by atoms with Crippen LogP contribution in [0.2, 0.25) is 0 Å². The Morgan fingerprint density at radius 3 is 2.60 bits per heavy atom. The van der Waals surface area contributed by atoms with E-state index < -0.39 is 10.8 Å². The molecule has 0 spiro atoms. The van der Waals surface area contributed by atoms with Crippen molar-refractivity contribution in [1.29, 1.82) is 0 Å². The Hall–Kier alpha value is -1.63. The lowest BCUT2D eigenvalue weighted by Gasteiger charge is -2.04. The van der Waals surface area contributed by atoms with Crippen molar-refractivity contribution in [3.05, 3.63) is 32.3 Å². The van der Waals surface area contributed by atoms with Crippen LogP contribution in [-0.4, -0.2) is 17.9 Å². The van der Waals surface area contributed by atoms with Gasteiger partial charge in [0, 0.05) is 16.6 Å². The number of primary amides is 1. The van der Waals surface area contributed by atoms with Gasteiger partial charge in [-0.2, -0.15) is 0 Å². The van der Waals surface area contributed by atoms with Crippen LogP contribution in [0.15, 0.2) is 16.6 Å². The van der Waals surface area contributed by atoms with Crippen LogP contribution in [0.5, 0.6) is 5.75 Å². The number of nitro groups is 1. The number of methoxy groups -OCH3 is 1. The molecule has 0 unspecified atom stereocenters. The standard InChI is InChI=1S/C8H7BrN2O4/c1-15-7-3-5(9)4(8(10)12)2-6(7)11(13)14/h2-3H,1H3,(H2,10,12). The minimum atomic E-state index is -0.743. The third-order valence-electron chi connectivity index (χ3n) is 1.73. The molecular formula is C8H7BrN2O4. The van der Waals surface area contributed by atoms with Gasteiger partial charge in [0.15, 0.2) is 5.75 Å². The first-order chi connectivity index (χ1) is 6.97. The van der Waals surface area contributed by atoms with Gasteiger partial charge in [-0.15, -0.1) is 0 Å². The lowest BCUT2D eigenvalue weighted by atomic mass is 10.2. The highest BCUT2D eigenvalue weighted by molar-refractivity contribution is 9.10. The van der Waals surface area contributed by atoms with Gasteiger partial charge >= 0.3 is 5.69 Å². The summed E-state index contributed by atoms with van der Waals surface area (Å²) in [4.78, 5) is 20.9. The molecule has 1 amide bonds. The number of nitrogens with zero attached hydrogens (tertiary/aromatic N) is 1. The van der Waals surface area contributed by atoms with Crippen LogP contribution in [0.1, 0.15) is 10.4 Å². The van der Waals surface area contributed by atoms with Gasteiger partial charge in [-0.3, -0.25) is 14.9 Å². The molecule has 80 valence electrons. The van der Waals surface area contributed by atoms with Crippen molar-refractivity contribution in [3.8, 4) is 5.75 Å². The monoisotopic (exact) mass is 274 g/mol. The second kappa shape index (κ2) is 4.26. The number of halogens is 1. The molecule has 0 aliphatic heterocycles. The summed E-state index contributed by atoms with van der Waals surface area (Å²) in [5.74, 6) is -0.676. The average molecular weight is 275 g/mol. The molecular weight excluding hydrogens is 268 g/mol. The third-order valence-corrected chi connectivity index (χ3v) is 2.39. The minimum absolute atomic E-state index is 0.0440. The normalized spacial score (nSPS) is 9.73. The van der Waals surface area contributed by atoms with E-state index in [2.05, 4.69) is 15.9 Å². The molecule has 0 radical (unpaired) electrons. The number of ether oxygens (including phenoxy) is 1. The molecule has 0 atom stereocenters. The molecule has 0 heterocycles. The second-order valence-corrected chi connectivity index (χ2v) is 3.48. The Kier molecular flexibility index (Phi) is 3.25. The van der Waals surface area contributed by atoms with E-state index in [-0.39, 0.29) is 17.0 Å². The molecule has 1 aromatic rings. The highest BCUT2D eigenvalue weighted by Crippen LogP contribution is 2.32. The van der Waals surface area contributed by atoms with Gasteiger partial charge in [0.1, 0.15) is 0 Å². The summed E-state index contributed by atoms with van der Waals surface area (Å²) in [5, 5.41) is 10.6. The smallest absolute Gasteiger partial charge is 0.311 e. The summed E-state index contributed by atoms with van der Waals surface area (Å²) in [7, 11) is 1.30. The Balaban J connectivity index is 3.43. The predicted molar refractivity (Wildman–Crippen MR) is 55.9 cm³/mol. The Labute approximate surface area is 93.3 Å². The maximum absolute atomic E-state index is 10.9. The molecule has 15 heavy (non-hydrogen) atoms. The fourth-order valence-electron chi connectivity index (χ4n) is 1.04. The number of hydrogen-bond donors (Lipinski definition) is 1. The molecule has 0 aromatic heterocycles. The molecule has 1 rings (SSSR count). The molecule has 0 bridgehead atoms. The van der Waals surface area contributed by atoms with Gasteiger partial charge in [-0.25, -0.2) is 0 Å². The van der Waals surface area contributed by atoms with E-state index in [4.69, 9.17) is 10.5 Å². The van der Waals surface area contributed by atoms with Crippen molar-refractivity contribution >= 4 is 27.5 Å². The minimum Gasteiger partial charge on any atom is -0.490 e. The maximum atomic E-state index is 10.9. The third kappa shape index (κ3) is 2.24. The fourth-order valence-corrected chi connectivity index (χ4v) is 1.56. The molecule has 0 saturated carbocycles. The molecule has 6 nitrogen and oxygen atoms in total. The van der Waals surface area contributed by atoms with Crippen molar-refractivity contribution in [2.75, 3.05) is 7.11 Å². The number of amides is 1. The van der Waals surface area contributed by atoms with E-state index in [1.54, 1.807) is 0 Å². The Bertz CT molecular complexity index is 433. The van der Waals surface area contributed by atoms with Crippen molar-refractivity contribution in [2.45, 2.75) is 0 Å². The van der Waals surface area contributed by atoms with Gasteiger partial charge in [0.05, 0.1) is 17.6 Å². The Morgan fingerprint density at radius 1 is 1.60 bits per heavy atom. The zero-order valence-electron chi connectivity index (χ0n) is 7.69. The average Bonchev–Trinajstić information content (AvgIpc) is 2.16. The maximum Gasteiger partial charge on any atom is 0.311 e. The lowest BCUT2D eigenvalue weighted by Crippen LogP contribution is -2.12. The number of rotatable bonds is 3. The van der Waals surface area contributed by atoms with Crippen LogP contribution in [0.3, 0.4) is 0 Å². The summed E-state index contributed by atoms with van der Waals surface area (Å²) in [6.07, 6.45) is 0. The van der Waals surface area contributed by atoms with Crippen LogP contribution >= 0.6 is 15.9 Å². The van der Waals surface area contributed by atoms with E-state index in [0.29, 0.717) is 4.47 Å². The van der Waals surface area contributed by atoms with Crippen LogP contribution in [0.25, 0.3) is 0 Å². The lowest BCUT2D eigenvalue weighted by molar-refractivity contribution is -0.385. The Morgan fingerprint density at radius 2 is 2.20 bits per heavy atom. The second-order valence-electron chi connectivity index (χ2n) is 2.63. The molecule has 1 aromatic carbocycles. The summed E-state index contributed by atoms with van der Waals surface area (Å²) >= 11 is 3.07. The summed E-state index contributed by atoms with van der Waals surface area (Å²) in [6.45, 7) is 0.